The predicted octanol–water partition coefficient (Wildman–Crippen LogP) is 2.43. The second-order valence-corrected chi connectivity index (χ2v) is 5.31. The van der Waals surface area contributed by atoms with Crippen LogP contribution < -0.4 is 20.1 Å². The van der Waals surface area contributed by atoms with Crippen LogP contribution in [0, 0.1) is 5.92 Å². The highest BCUT2D eigenvalue weighted by Crippen LogP contribution is 2.24. The summed E-state index contributed by atoms with van der Waals surface area (Å²) in [4.78, 5) is 0. The van der Waals surface area contributed by atoms with Crippen molar-refractivity contribution in [2.45, 2.75) is 26.8 Å². The minimum atomic E-state index is 0.714. The van der Waals surface area contributed by atoms with E-state index in [0.717, 1.165) is 49.7 Å². The van der Waals surface area contributed by atoms with Gasteiger partial charge in [0.25, 0.3) is 0 Å². The molecule has 0 bridgehead atoms. The third-order valence-corrected chi connectivity index (χ3v) is 3.07. The van der Waals surface area contributed by atoms with Gasteiger partial charge in [0, 0.05) is 18.2 Å². The molecule has 0 heterocycles. The second kappa shape index (κ2) is 9.61. The van der Waals surface area contributed by atoms with Gasteiger partial charge in [-0.15, -0.1) is 0 Å². The molecule has 0 saturated heterocycles. The van der Waals surface area contributed by atoms with Crippen LogP contribution in [-0.4, -0.2) is 33.9 Å². The molecule has 0 aromatic heterocycles. The van der Waals surface area contributed by atoms with Gasteiger partial charge in [0.2, 0.25) is 0 Å². The van der Waals surface area contributed by atoms with Crippen molar-refractivity contribution in [1.29, 1.82) is 0 Å². The van der Waals surface area contributed by atoms with Crippen molar-refractivity contribution in [3.05, 3.63) is 23.8 Å². The van der Waals surface area contributed by atoms with Crippen LogP contribution in [-0.2, 0) is 6.54 Å². The van der Waals surface area contributed by atoms with Crippen LogP contribution in [0.2, 0.25) is 0 Å². The van der Waals surface area contributed by atoms with E-state index in [4.69, 9.17) is 9.47 Å². The Bertz CT molecular complexity index is 381. The van der Waals surface area contributed by atoms with Gasteiger partial charge in [-0.05, 0) is 38.0 Å². The Kier molecular flexibility index (Phi) is 8.07. The average Bonchev–Trinajstić information content (AvgIpc) is 2.46. The van der Waals surface area contributed by atoms with E-state index in [1.165, 1.54) is 0 Å². The molecule has 0 radical (unpaired) electrons. The highest BCUT2D eigenvalue weighted by atomic mass is 16.5. The summed E-state index contributed by atoms with van der Waals surface area (Å²) in [5.41, 5.74) is 1.16. The summed E-state index contributed by atoms with van der Waals surface area (Å²) in [6.07, 6.45) is 1.13. The zero-order valence-electron chi connectivity index (χ0n) is 13.2. The minimum Gasteiger partial charge on any atom is -0.497 e. The van der Waals surface area contributed by atoms with Crippen LogP contribution in [0.25, 0.3) is 0 Å². The molecule has 0 aliphatic heterocycles. The Labute approximate surface area is 122 Å². The molecule has 20 heavy (non-hydrogen) atoms. The smallest absolute Gasteiger partial charge is 0.127 e. The molecule has 114 valence electrons. The van der Waals surface area contributed by atoms with Gasteiger partial charge in [0.15, 0.2) is 0 Å². The molecule has 0 aliphatic carbocycles. The van der Waals surface area contributed by atoms with E-state index in [1.807, 2.05) is 18.2 Å². The predicted molar refractivity (Wildman–Crippen MR) is 83.6 cm³/mol. The molecule has 0 saturated carbocycles. The quantitative estimate of drug-likeness (QED) is 0.646. The van der Waals surface area contributed by atoms with E-state index in [9.17, 15) is 0 Å². The van der Waals surface area contributed by atoms with Gasteiger partial charge < -0.3 is 20.1 Å². The van der Waals surface area contributed by atoms with Crippen LogP contribution in [0.4, 0.5) is 0 Å². The summed E-state index contributed by atoms with van der Waals surface area (Å²) < 4.78 is 10.6. The average molecular weight is 280 g/mol. The lowest BCUT2D eigenvalue weighted by atomic mass is 10.2. The van der Waals surface area contributed by atoms with E-state index >= 15 is 0 Å². The Morgan fingerprint density at radius 3 is 2.45 bits per heavy atom. The van der Waals surface area contributed by atoms with Crippen molar-refractivity contribution in [2.75, 3.05) is 33.9 Å². The number of hydrogen-bond acceptors (Lipinski definition) is 4. The third kappa shape index (κ3) is 6.26. The van der Waals surface area contributed by atoms with Crippen LogP contribution in [0.1, 0.15) is 25.8 Å². The van der Waals surface area contributed by atoms with Gasteiger partial charge >= 0.3 is 0 Å². The number of nitrogens with one attached hydrogen (secondary N) is 2. The number of benzene rings is 1. The summed E-state index contributed by atoms with van der Waals surface area (Å²) in [6.45, 7) is 8.41. The molecular formula is C16H28N2O2. The zero-order chi connectivity index (χ0) is 14.8. The van der Waals surface area contributed by atoms with Gasteiger partial charge in [-0.25, -0.2) is 0 Å². The summed E-state index contributed by atoms with van der Waals surface area (Å²) in [7, 11) is 3.35. The number of rotatable bonds is 10. The van der Waals surface area contributed by atoms with Crippen molar-refractivity contribution >= 4 is 0 Å². The molecule has 0 atom stereocenters. The normalized spacial score (nSPS) is 10.8. The zero-order valence-corrected chi connectivity index (χ0v) is 13.2. The maximum absolute atomic E-state index is 5.38. The lowest BCUT2D eigenvalue weighted by Crippen LogP contribution is -2.24. The number of hydrogen-bond donors (Lipinski definition) is 2. The molecule has 1 rings (SSSR count). The molecule has 0 spiro atoms. The third-order valence-electron chi connectivity index (χ3n) is 3.07. The van der Waals surface area contributed by atoms with E-state index in [0.29, 0.717) is 5.92 Å². The standard InChI is InChI=1S/C16H28N2O2/c1-13(2)11-17-8-5-9-18-12-14-6-7-15(19-3)10-16(14)20-4/h6-7,10,13,17-18H,5,8-9,11-12H2,1-4H3. The van der Waals surface area contributed by atoms with Gasteiger partial charge in [-0.1, -0.05) is 19.9 Å². The van der Waals surface area contributed by atoms with Crippen molar-refractivity contribution < 1.29 is 9.47 Å². The highest BCUT2D eigenvalue weighted by Gasteiger charge is 2.04. The van der Waals surface area contributed by atoms with E-state index in [-0.39, 0.29) is 0 Å². The molecule has 0 amide bonds. The van der Waals surface area contributed by atoms with Gasteiger partial charge in [-0.2, -0.15) is 0 Å². The first-order chi connectivity index (χ1) is 9.67. The van der Waals surface area contributed by atoms with Crippen molar-refractivity contribution in [1.82, 2.24) is 10.6 Å². The van der Waals surface area contributed by atoms with Crippen molar-refractivity contribution in [3.8, 4) is 11.5 Å². The summed E-state index contributed by atoms with van der Waals surface area (Å²) in [5, 5.41) is 6.88. The molecule has 0 fully saturated rings. The first-order valence-corrected chi connectivity index (χ1v) is 7.29. The fraction of sp³-hybridized carbons (Fsp3) is 0.625. The summed E-state index contributed by atoms with van der Waals surface area (Å²) in [6, 6.07) is 5.92. The van der Waals surface area contributed by atoms with Gasteiger partial charge in [-0.3, -0.25) is 0 Å². The van der Waals surface area contributed by atoms with Gasteiger partial charge in [0.05, 0.1) is 14.2 Å². The number of methoxy groups -OCH3 is 2. The van der Waals surface area contributed by atoms with Gasteiger partial charge in [0.1, 0.15) is 11.5 Å². The lowest BCUT2D eigenvalue weighted by molar-refractivity contribution is 0.389. The molecule has 0 unspecified atom stereocenters. The fourth-order valence-corrected chi connectivity index (χ4v) is 1.95. The molecule has 1 aromatic rings. The monoisotopic (exact) mass is 280 g/mol. The number of ether oxygens (including phenoxy) is 2. The Balaban J connectivity index is 2.24. The first-order valence-electron chi connectivity index (χ1n) is 7.29. The van der Waals surface area contributed by atoms with E-state index in [1.54, 1.807) is 14.2 Å². The van der Waals surface area contributed by atoms with Crippen LogP contribution >= 0.6 is 0 Å². The molecule has 1 aromatic carbocycles. The minimum absolute atomic E-state index is 0.714. The Hall–Kier alpha value is -1.26. The molecule has 4 heteroatoms. The maximum Gasteiger partial charge on any atom is 0.127 e. The van der Waals surface area contributed by atoms with E-state index < -0.39 is 0 Å². The molecule has 0 aliphatic rings. The summed E-state index contributed by atoms with van der Waals surface area (Å²) in [5.74, 6) is 2.41. The SMILES string of the molecule is COc1ccc(CNCCCNCC(C)C)c(OC)c1. The van der Waals surface area contributed by atoms with E-state index in [2.05, 4.69) is 24.5 Å². The molecular weight excluding hydrogens is 252 g/mol. The van der Waals surface area contributed by atoms with Crippen LogP contribution in [0.5, 0.6) is 11.5 Å². The Morgan fingerprint density at radius 1 is 1.05 bits per heavy atom. The molecule has 2 N–H and O–H groups in total. The lowest BCUT2D eigenvalue weighted by Gasteiger charge is -2.11. The van der Waals surface area contributed by atoms with Crippen LogP contribution in [0.3, 0.4) is 0 Å². The second-order valence-electron chi connectivity index (χ2n) is 5.31. The highest BCUT2D eigenvalue weighted by molar-refractivity contribution is 5.40. The Morgan fingerprint density at radius 2 is 1.80 bits per heavy atom. The first kappa shape index (κ1) is 16.8. The summed E-state index contributed by atoms with van der Waals surface area (Å²) >= 11 is 0. The maximum atomic E-state index is 5.38. The topological polar surface area (TPSA) is 42.5 Å². The largest absolute Gasteiger partial charge is 0.497 e. The molecule has 4 nitrogen and oxygen atoms in total. The van der Waals surface area contributed by atoms with Crippen molar-refractivity contribution in [2.24, 2.45) is 5.92 Å². The van der Waals surface area contributed by atoms with Crippen LogP contribution in [0.15, 0.2) is 18.2 Å². The fourth-order valence-electron chi connectivity index (χ4n) is 1.95. The van der Waals surface area contributed by atoms with Crippen molar-refractivity contribution in [3.63, 3.8) is 0 Å².